The molecule has 0 saturated carbocycles. The summed E-state index contributed by atoms with van der Waals surface area (Å²) in [7, 11) is -9.08. The minimum Gasteiger partial charge on any atom is -0.439 e. The van der Waals surface area contributed by atoms with Crippen LogP contribution in [0.1, 0.15) is 61.8 Å². The molecule has 0 bridgehead atoms. The zero-order valence-electron chi connectivity index (χ0n) is 26.8. The van der Waals surface area contributed by atoms with Crippen LogP contribution in [-0.2, 0) is 16.5 Å². The Morgan fingerprint density at radius 1 is 0.500 bits per heavy atom. The maximum absolute atomic E-state index is 6.45. The largest absolute Gasteiger partial charge is 0.439 e. The van der Waals surface area contributed by atoms with Crippen molar-refractivity contribution in [2.45, 2.75) is 160 Å². The van der Waals surface area contributed by atoms with E-state index >= 15 is 0 Å². The van der Waals surface area contributed by atoms with Crippen molar-refractivity contribution in [3.63, 3.8) is 0 Å². The molecule has 0 aliphatic rings. The fraction of sp³-hybridized carbons (Fsp3) is 0.800. The van der Waals surface area contributed by atoms with Crippen molar-refractivity contribution in [2.24, 2.45) is 0 Å². The molecule has 0 unspecified atom stereocenters. The van der Waals surface area contributed by atoms with Gasteiger partial charge in [0, 0.05) is 0 Å². The Labute approximate surface area is 264 Å². The lowest BCUT2D eigenvalue weighted by molar-refractivity contribution is 0.380. The van der Waals surface area contributed by atoms with Crippen molar-refractivity contribution < 1.29 is 16.5 Å². The van der Waals surface area contributed by atoms with Gasteiger partial charge in [-0.3, -0.25) is 0 Å². The maximum atomic E-state index is 6.45. The van der Waals surface area contributed by atoms with E-state index in [2.05, 4.69) is 111 Å². The van der Waals surface area contributed by atoms with E-state index in [1.54, 1.807) is 0 Å². The van der Waals surface area contributed by atoms with Crippen LogP contribution in [0.25, 0.3) is 0 Å². The summed E-state index contributed by atoms with van der Waals surface area (Å²) in [6, 6.07) is 1.12. The molecular formula is C30H80O4Si6. The van der Waals surface area contributed by atoms with E-state index in [9.17, 15) is 0 Å². The molecule has 0 N–H and O–H groups in total. The second-order valence-electron chi connectivity index (χ2n) is 13.3. The topological polar surface area (TPSA) is 36.9 Å². The average Bonchev–Trinajstić information content (AvgIpc) is 2.58. The Morgan fingerprint density at radius 3 is 1.02 bits per heavy atom. The van der Waals surface area contributed by atoms with E-state index in [1.807, 2.05) is 18.2 Å². The van der Waals surface area contributed by atoms with Crippen molar-refractivity contribution in [1.82, 2.24) is 0 Å². The van der Waals surface area contributed by atoms with Gasteiger partial charge in [-0.25, -0.2) is 0 Å². The van der Waals surface area contributed by atoms with Crippen LogP contribution in [-0.4, -0.2) is 51.1 Å². The van der Waals surface area contributed by atoms with Gasteiger partial charge in [0.1, 0.15) is 0 Å². The summed E-state index contributed by atoms with van der Waals surface area (Å²) in [5.74, 6) is 0. The first-order valence-electron chi connectivity index (χ1n) is 13.6. The Morgan fingerprint density at radius 2 is 0.800 bits per heavy atom. The van der Waals surface area contributed by atoms with Gasteiger partial charge in [-0.1, -0.05) is 54.4 Å². The summed E-state index contributed by atoms with van der Waals surface area (Å²) in [5, 5.41) is 0. The second-order valence-corrected chi connectivity index (χ2v) is 37.6. The van der Waals surface area contributed by atoms with Gasteiger partial charge in [0.15, 0.2) is 33.3 Å². The first kappa shape index (κ1) is 56.2. The molecule has 0 heterocycles. The number of hydrogen-bond acceptors (Lipinski definition) is 4. The first-order chi connectivity index (χ1) is 16.0. The fourth-order valence-corrected chi connectivity index (χ4v) is 24.6. The monoisotopic (exact) mass is 672 g/mol. The van der Waals surface area contributed by atoms with Crippen molar-refractivity contribution in [3.05, 3.63) is 38.0 Å². The molecule has 0 rings (SSSR count). The lowest BCUT2D eigenvalue weighted by Crippen LogP contribution is -2.52. The normalized spacial score (nSPS) is 11.5. The molecule has 0 spiro atoms. The molecule has 10 heteroatoms. The van der Waals surface area contributed by atoms with Gasteiger partial charge in [-0.2, -0.15) is 0 Å². The SMILES string of the molecule is C.C.C.C.C=CCCC=C.C=CCCCC[Si](C)(O[Si](C)(C)C)O[Si](C)(C)C.C[SiH](O[Si](C)(C)C)O[Si](C)(C)C. The van der Waals surface area contributed by atoms with Crippen LogP contribution in [0.5, 0.6) is 0 Å². The molecule has 0 atom stereocenters. The van der Waals surface area contributed by atoms with Gasteiger partial charge < -0.3 is 16.5 Å². The van der Waals surface area contributed by atoms with Crippen LogP contribution in [0.3, 0.4) is 0 Å². The van der Waals surface area contributed by atoms with Crippen LogP contribution in [0, 0.1) is 0 Å². The second kappa shape index (κ2) is 26.9. The van der Waals surface area contributed by atoms with E-state index in [-0.39, 0.29) is 29.7 Å². The summed E-state index contributed by atoms with van der Waals surface area (Å²) < 4.78 is 24.7. The molecule has 0 aliphatic carbocycles. The molecule has 0 aromatic rings. The Balaban J connectivity index is -0.0000000866. The predicted octanol–water partition coefficient (Wildman–Crippen LogP) is 12.3. The third kappa shape index (κ3) is 51.1. The molecule has 4 nitrogen and oxygen atoms in total. The molecule has 0 amide bonds. The van der Waals surface area contributed by atoms with Crippen molar-refractivity contribution in [1.29, 1.82) is 0 Å². The quantitative estimate of drug-likeness (QED) is 0.0928. The number of allylic oxidation sites excluding steroid dienone is 3. The zero-order valence-corrected chi connectivity index (χ0v) is 33.0. The number of rotatable bonds is 16. The fourth-order valence-electron chi connectivity index (χ4n) is 3.41. The summed E-state index contributed by atoms with van der Waals surface area (Å²) in [5.41, 5.74) is 0. The molecule has 40 heavy (non-hydrogen) atoms. The van der Waals surface area contributed by atoms with Gasteiger partial charge in [0.2, 0.25) is 0 Å². The lowest BCUT2D eigenvalue weighted by Gasteiger charge is -2.38. The van der Waals surface area contributed by atoms with E-state index < -0.39 is 51.1 Å². The number of hydrogen-bond donors (Lipinski definition) is 0. The van der Waals surface area contributed by atoms with Crippen LogP contribution in [0.2, 0.25) is 97.7 Å². The summed E-state index contributed by atoms with van der Waals surface area (Å²) >= 11 is 0. The lowest BCUT2D eigenvalue weighted by atomic mass is 10.2. The summed E-state index contributed by atoms with van der Waals surface area (Å²) in [6.07, 6.45) is 11.4. The highest BCUT2D eigenvalue weighted by Gasteiger charge is 2.39. The van der Waals surface area contributed by atoms with E-state index in [1.165, 1.54) is 12.8 Å². The van der Waals surface area contributed by atoms with Crippen molar-refractivity contribution in [3.8, 4) is 0 Å². The van der Waals surface area contributed by atoms with Gasteiger partial charge in [0.05, 0.1) is 0 Å². The molecule has 0 fully saturated rings. The van der Waals surface area contributed by atoms with Crippen LogP contribution in [0.15, 0.2) is 38.0 Å². The van der Waals surface area contributed by atoms with Gasteiger partial charge >= 0.3 is 8.56 Å². The van der Waals surface area contributed by atoms with Crippen LogP contribution in [0.4, 0.5) is 0 Å². The first-order valence-corrected chi connectivity index (χ1v) is 31.8. The molecule has 0 saturated heterocycles. The molecule has 248 valence electrons. The highest BCUT2D eigenvalue weighted by Crippen LogP contribution is 2.26. The Hall–Kier alpha value is 0.361. The van der Waals surface area contributed by atoms with Crippen molar-refractivity contribution >= 4 is 51.1 Å². The van der Waals surface area contributed by atoms with Gasteiger partial charge in [0.25, 0.3) is 9.28 Å². The minimum atomic E-state index is -1.98. The minimum absolute atomic E-state index is 0. The molecule has 0 radical (unpaired) electrons. The standard InChI is InChI=1S/C13H32O2Si3.C7H22O2Si3.C6H10.4CH4/c1-9-10-11-12-13-18(8,14-16(2,3)4)15-17(5,6)7;1-10(8-11(2,3)4)9-12(5,6)7;1-3-5-6-4-2;;;;/h9H,1,10-13H2,2-8H3;10H,1-7H3;3-4H,1-2,5-6H2;4*1H4. The van der Waals surface area contributed by atoms with Crippen LogP contribution >= 0.6 is 0 Å². The van der Waals surface area contributed by atoms with Crippen LogP contribution < -0.4 is 0 Å². The van der Waals surface area contributed by atoms with Gasteiger partial charge in [-0.05, 0) is 123 Å². The predicted molar refractivity (Wildman–Crippen MR) is 208 cm³/mol. The third-order valence-corrected chi connectivity index (χ3v) is 21.9. The maximum Gasteiger partial charge on any atom is 0.314 e. The van der Waals surface area contributed by atoms with E-state index in [4.69, 9.17) is 16.5 Å². The molecule has 0 aromatic heterocycles. The Kier molecular flexibility index (Phi) is 37.9. The van der Waals surface area contributed by atoms with Crippen molar-refractivity contribution in [2.75, 3.05) is 0 Å². The average molecular weight is 673 g/mol. The highest BCUT2D eigenvalue weighted by molar-refractivity contribution is 6.87. The van der Waals surface area contributed by atoms with E-state index in [0.29, 0.717) is 0 Å². The van der Waals surface area contributed by atoms with E-state index in [0.717, 1.165) is 25.3 Å². The number of unbranched alkanes of at least 4 members (excludes halogenated alkanes) is 3. The summed E-state index contributed by atoms with van der Waals surface area (Å²) in [6.45, 7) is 42.1. The Bertz CT molecular complexity index is 549. The molecular weight excluding hydrogens is 593 g/mol. The zero-order chi connectivity index (χ0) is 29.3. The highest BCUT2D eigenvalue weighted by atomic mass is 28.5. The molecule has 0 aromatic carbocycles. The third-order valence-electron chi connectivity index (χ3n) is 3.95. The summed E-state index contributed by atoms with van der Waals surface area (Å²) in [4.78, 5) is 0. The smallest absolute Gasteiger partial charge is 0.314 e. The molecule has 0 aliphatic heterocycles. The van der Waals surface area contributed by atoms with Gasteiger partial charge in [-0.15, -0.1) is 19.7 Å².